The van der Waals surface area contributed by atoms with Crippen molar-refractivity contribution < 1.29 is 4.79 Å². The van der Waals surface area contributed by atoms with Gasteiger partial charge in [-0.2, -0.15) is 5.10 Å². The van der Waals surface area contributed by atoms with Gasteiger partial charge in [0.15, 0.2) is 5.78 Å². The quantitative estimate of drug-likeness (QED) is 0.792. The van der Waals surface area contributed by atoms with Crippen molar-refractivity contribution in [2.24, 2.45) is 0 Å². The summed E-state index contributed by atoms with van der Waals surface area (Å²) in [6, 6.07) is 7.83. The maximum Gasteiger partial charge on any atom is 0.196 e. The maximum atomic E-state index is 12.7. The molecule has 1 aromatic carbocycles. The lowest BCUT2D eigenvalue weighted by Gasteiger charge is -2.22. The zero-order chi connectivity index (χ0) is 14.8. The van der Waals surface area contributed by atoms with Crippen LogP contribution >= 0.6 is 0 Å². The number of hydrogen-bond donors (Lipinski definition) is 0. The first kappa shape index (κ1) is 14.5. The van der Waals surface area contributed by atoms with Crippen molar-refractivity contribution >= 4 is 5.78 Å². The molecule has 0 radical (unpaired) electrons. The number of carbonyl (C=O) groups is 1. The van der Waals surface area contributed by atoms with Crippen LogP contribution in [0.2, 0.25) is 0 Å². The van der Waals surface area contributed by atoms with Crippen molar-refractivity contribution in [3.8, 4) is 0 Å². The highest BCUT2D eigenvalue weighted by molar-refractivity contribution is 6.09. The summed E-state index contributed by atoms with van der Waals surface area (Å²) in [6.07, 6.45) is 4.51. The van der Waals surface area contributed by atoms with Gasteiger partial charge in [0.1, 0.15) is 0 Å². The van der Waals surface area contributed by atoms with Gasteiger partial charge in [0.05, 0.1) is 11.8 Å². The predicted molar refractivity (Wildman–Crippen MR) is 81.1 cm³/mol. The molecule has 20 heavy (non-hydrogen) atoms. The standard InChI is InChI=1S/C17H22N2O/c1-5-10-19-12-13(11-18-19)16(20)14-8-6-7-9-15(14)17(2,3)4/h6-9,11-12H,5,10H2,1-4H3. The highest BCUT2D eigenvalue weighted by Gasteiger charge is 2.22. The van der Waals surface area contributed by atoms with Crippen molar-refractivity contribution in [1.82, 2.24) is 9.78 Å². The molecule has 1 aromatic heterocycles. The molecule has 3 heteroatoms. The van der Waals surface area contributed by atoms with Gasteiger partial charge in [-0.25, -0.2) is 0 Å². The monoisotopic (exact) mass is 270 g/mol. The van der Waals surface area contributed by atoms with E-state index in [0.717, 1.165) is 24.1 Å². The Morgan fingerprint density at radius 2 is 1.95 bits per heavy atom. The zero-order valence-electron chi connectivity index (χ0n) is 12.7. The molecular formula is C17H22N2O. The van der Waals surface area contributed by atoms with Gasteiger partial charge in [0, 0.05) is 18.3 Å². The fraction of sp³-hybridized carbons (Fsp3) is 0.412. The van der Waals surface area contributed by atoms with Gasteiger partial charge in [0.2, 0.25) is 0 Å². The summed E-state index contributed by atoms with van der Waals surface area (Å²) in [7, 11) is 0. The first-order valence-electron chi connectivity index (χ1n) is 7.10. The van der Waals surface area contributed by atoms with E-state index in [0.29, 0.717) is 5.56 Å². The fourth-order valence-corrected chi connectivity index (χ4v) is 2.32. The Morgan fingerprint density at radius 1 is 1.25 bits per heavy atom. The van der Waals surface area contributed by atoms with E-state index in [4.69, 9.17) is 0 Å². The highest BCUT2D eigenvalue weighted by Crippen LogP contribution is 2.27. The summed E-state index contributed by atoms with van der Waals surface area (Å²) in [5.41, 5.74) is 2.46. The molecule has 2 rings (SSSR count). The minimum absolute atomic E-state index is 0.0499. The number of aryl methyl sites for hydroxylation is 1. The molecule has 0 saturated carbocycles. The molecule has 0 amide bonds. The molecule has 0 N–H and O–H groups in total. The van der Waals surface area contributed by atoms with Crippen molar-refractivity contribution in [2.75, 3.05) is 0 Å². The van der Waals surface area contributed by atoms with Crippen LogP contribution in [0.4, 0.5) is 0 Å². The zero-order valence-corrected chi connectivity index (χ0v) is 12.7. The van der Waals surface area contributed by atoms with E-state index in [1.807, 2.05) is 35.1 Å². The minimum atomic E-state index is -0.0499. The number of hydrogen-bond acceptors (Lipinski definition) is 2. The molecule has 0 aliphatic carbocycles. The second-order valence-electron chi connectivity index (χ2n) is 6.12. The number of benzene rings is 1. The van der Waals surface area contributed by atoms with Gasteiger partial charge >= 0.3 is 0 Å². The van der Waals surface area contributed by atoms with Crippen LogP contribution in [0.5, 0.6) is 0 Å². The maximum absolute atomic E-state index is 12.7. The third-order valence-corrected chi connectivity index (χ3v) is 3.33. The Hall–Kier alpha value is -1.90. The van der Waals surface area contributed by atoms with Gasteiger partial charge < -0.3 is 0 Å². The number of nitrogens with zero attached hydrogens (tertiary/aromatic N) is 2. The predicted octanol–water partition coefficient (Wildman–Crippen LogP) is 3.82. The Bertz CT molecular complexity index is 605. The van der Waals surface area contributed by atoms with Gasteiger partial charge in [-0.1, -0.05) is 52.0 Å². The van der Waals surface area contributed by atoms with Crippen molar-refractivity contribution in [2.45, 2.75) is 46.1 Å². The van der Waals surface area contributed by atoms with Crippen LogP contribution in [0.1, 0.15) is 55.6 Å². The molecule has 0 atom stereocenters. The summed E-state index contributed by atoms with van der Waals surface area (Å²) in [5.74, 6) is 0.0536. The van der Waals surface area contributed by atoms with Gasteiger partial charge in [-0.3, -0.25) is 9.48 Å². The van der Waals surface area contributed by atoms with E-state index in [9.17, 15) is 4.79 Å². The van der Waals surface area contributed by atoms with Crippen molar-refractivity contribution in [3.63, 3.8) is 0 Å². The number of rotatable bonds is 4. The number of carbonyl (C=O) groups excluding carboxylic acids is 1. The Balaban J connectivity index is 2.38. The molecule has 0 unspecified atom stereocenters. The first-order chi connectivity index (χ1) is 9.43. The molecule has 2 aromatic rings. The van der Waals surface area contributed by atoms with E-state index < -0.39 is 0 Å². The average Bonchev–Trinajstić information content (AvgIpc) is 2.86. The second kappa shape index (κ2) is 5.61. The van der Waals surface area contributed by atoms with Crippen molar-refractivity contribution in [3.05, 3.63) is 53.3 Å². The van der Waals surface area contributed by atoms with Crippen LogP contribution in [0.25, 0.3) is 0 Å². The van der Waals surface area contributed by atoms with Crippen LogP contribution in [0.3, 0.4) is 0 Å². The number of aromatic nitrogens is 2. The fourth-order valence-electron chi connectivity index (χ4n) is 2.32. The molecule has 0 aliphatic heterocycles. The van der Waals surface area contributed by atoms with Crippen LogP contribution in [-0.2, 0) is 12.0 Å². The molecule has 0 fully saturated rings. The third-order valence-electron chi connectivity index (χ3n) is 3.33. The summed E-state index contributed by atoms with van der Waals surface area (Å²) in [6.45, 7) is 9.31. The summed E-state index contributed by atoms with van der Waals surface area (Å²) >= 11 is 0. The number of ketones is 1. The normalized spacial score (nSPS) is 11.6. The average molecular weight is 270 g/mol. The van der Waals surface area contributed by atoms with E-state index in [1.54, 1.807) is 6.20 Å². The van der Waals surface area contributed by atoms with Gasteiger partial charge in [0.25, 0.3) is 0 Å². The van der Waals surface area contributed by atoms with E-state index >= 15 is 0 Å². The molecule has 3 nitrogen and oxygen atoms in total. The molecule has 0 aliphatic rings. The Morgan fingerprint density at radius 3 is 2.60 bits per heavy atom. The van der Waals surface area contributed by atoms with E-state index in [1.165, 1.54) is 0 Å². The largest absolute Gasteiger partial charge is 0.288 e. The van der Waals surface area contributed by atoms with Gasteiger partial charge in [-0.15, -0.1) is 0 Å². The SMILES string of the molecule is CCCn1cc(C(=O)c2ccccc2C(C)(C)C)cn1. The lowest BCUT2D eigenvalue weighted by molar-refractivity contribution is 0.103. The van der Waals surface area contributed by atoms with Gasteiger partial charge in [-0.05, 0) is 17.4 Å². The summed E-state index contributed by atoms with van der Waals surface area (Å²) in [5, 5.41) is 4.24. The first-order valence-corrected chi connectivity index (χ1v) is 7.10. The lowest BCUT2D eigenvalue weighted by Crippen LogP contribution is -2.17. The molecule has 0 bridgehead atoms. The third kappa shape index (κ3) is 2.98. The van der Waals surface area contributed by atoms with E-state index in [2.05, 4.69) is 32.8 Å². The molecule has 1 heterocycles. The Labute approximate surface area is 120 Å². The van der Waals surface area contributed by atoms with Crippen LogP contribution in [-0.4, -0.2) is 15.6 Å². The van der Waals surface area contributed by atoms with Crippen LogP contribution < -0.4 is 0 Å². The second-order valence-corrected chi connectivity index (χ2v) is 6.12. The summed E-state index contributed by atoms with van der Waals surface area (Å²) in [4.78, 5) is 12.7. The Kier molecular flexibility index (Phi) is 4.07. The van der Waals surface area contributed by atoms with Crippen LogP contribution in [0.15, 0.2) is 36.7 Å². The minimum Gasteiger partial charge on any atom is -0.288 e. The molecule has 106 valence electrons. The highest BCUT2D eigenvalue weighted by atomic mass is 16.1. The smallest absolute Gasteiger partial charge is 0.196 e. The van der Waals surface area contributed by atoms with Crippen molar-refractivity contribution in [1.29, 1.82) is 0 Å². The lowest BCUT2D eigenvalue weighted by atomic mass is 9.82. The topological polar surface area (TPSA) is 34.9 Å². The molecular weight excluding hydrogens is 248 g/mol. The molecule has 0 spiro atoms. The molecule has 0 saturated heterocycles. The van der Waals surface area contributed by atoms with Crippen LogP contribution in [0, 0.1) is 0 Å². The van der Waals surface area contributed by atoms with E-state index in [-0.39, 0.29) is 11.2 Å². The summed E-state index contributed by atoms with van der Waals surface area (Å²) < 4.78 is 1.83.